The van der Waals surface area contributed by atoms with Gasteiger partial charge in [-0.1, -0.05) is 27.4 Å². The molecule has 1 N–H and O–H groups in total. The van der Waals surface area contributed by atoms with Gasteiger partial charge in [-0.05, 0) is 33.1 Å². The van der Waals surface area contributed by atoms with E-state index in [0.29, 0.717) is 19.4 Å². The van der Waals surface area contributed by atoms with Crippen LogP contribution in [-0.4, -0.2) is 43.5 Å². The van der Waals surface area contributed by atoms with Crippen LogP contribution in [0, 0.1) is 16.2 Å². The average Bonchev–Trinajstić information content (AvgIpc) is 3.34. The maximum atomic E-state index is 12.9. The van der Waals surface area contributed by atoms with E-state index in [9.17, 15) is 14.7 Å². The number of hydrogen-bond donors (Lipinski definition) is 1. The van der Waals surface area contributed by atoms with Crippen LogP contribution in [0.15, 0.2) is 12.3 Å². The van der Waals surface area contributed by atoms with Crippen molar-refractivity contribution in [3.05, 3.63) is 12.3 Å². The SMILES string of the molecule is C=C(O)C(C)(C)CC(C)(CC(C)(CC)C(=O)OC)C(=O)OCC1CO1. The Morgan fingerprint density at radius 1 is 1.16 bits per heavy atom. The van der Waals surface area contributed by atoms with Crippen molar-refractivity contribution in [2.45, 2.75) is 60.0 Å². The van der Waals surface area contributed by atoms with Crippen LogP contribution in [-0.2, 0) is 23.8 Å². The van der Waals surface area contributed by atoms with E-state index in [0.717, 1.165) is 0 Å². The molecule has 25 heavy (non-hydrogen) atoms. The van der Waals surface area contributed by atoms with Gasteiger partial charge < -0.3 is 19.3 Å². The minimum absolute atomic E-state index is 0.00618. The molecule has 6 heteroatoms. The first kappa shape index (κ1) is 21.5. The van der Waals surface area contributed by atoms with Crippen LogP contribution in [0.25, 0.3) is 0 Å². The number of ether oxygens (including phenoxy) is 3. The molecular formula is C19H32O6. The molecular weight excluding hydrogens is 324 g/mol. The molecule has 0 spiro atoms. The second-order valence-corrected chi connectivity index (χ2v) is 8.20. The van der Waals surface area contributed by atoms with E-state index in [4.69, 9.17) is 14.2 Å². The number of carbonyl (C=O) groups is 2. The van der Waals surface area contributed by atoms with E-state index in [1.807, 2.05) is 20.8 Å². The van der Waals surface area contributed by atoms with Crippen LogP contribution in [0.4, 0.5) is 0 Å². The Balaban J connectivity index is 3.09. The zero-order valence-corrected chi connectivity index (χ0v) is 16.3. The lowest BCUT2D eigenvalue weighted by Crippen LogP contribution is -2.43. The maximum absolute atomic E-state index is 12.9. The van der Waals surface area contributed by atoms with Gasteiger partial charge in [0.2, 0.25) is 0 Å². The number of rotatable bonds is 10. The van der Waals surface area contributed by atoms with Crippen molar-refractivity contribution in [2.24, 2.45) is 16.2 Å². The molecule has 1 heterocycles. The highest BCUT2D eigenvalue weighted by Gasteiger charge is 2.48. The van der Waals surface area contributed by atoms with Gasteiger partial charge in [0.15, 0.2) is 0 Å². The van der Waals surface area contributed by atoms with Gasteiger partial charge in [0.1, 0.15) is 12.7 Å². The number of aliphatic hydroxyl groups is 1. The Morgan fingerprint density at radius 3 is 2.12 bits per heavy atom. The third kappa shape index (κ3) is 5.46. The zero-order chi connectivity index (χ0) is 19.5. The van der Waals surface area contributed by atoms with Crippen molar-refractivity contribution < 1.29 is 28.9 Å². The molecule has 1 aliphatic rings. The lowest BCUT2D eigenvalue weighted by molar-refractivity contribution is -0.164. The molecule has 0 bridgehead atoms. The van der Waals surface area contributed by atoms with E-state index < -0.39 is 22.2 Å². The van der Waals surface area contributed by atoms with Crippen LogP contribution >= 0.6 is 0 Å². The molecule has 3 unspecified atom stereocenters. The first-order chi connectivity index (χ1) is 11.4. The van der Waals surface area contributed by atoms with Gasteiger partial charge in [-0.25, -0.2) is 0 Å². The maximum Gasteiger partial charge on any atom is 0.311 e. The Labute approximate surface area is 150 Å². The van der Waals surface area contributed by atoms with E-state index in [-0.39, 0.29) is 30.9 Å². The summed E-state index contributed by atoms with van der Waals surface area (Å²) < 4.78 is 15.5. The monoisotopic (exact) mass is 356 g/mol. The summed E-state index contributed by atoms with van der Waals surface area (Å²) in [6.07, 6.45) is 1.04. The fraction of sp³-hybridized carbons (Fsp3) is 0.789. The first-order valence-corrected chi connectivity index (χ1v) is 8.66. The van der Waals surface area contributed by atoms with Crippen molar-refractivity contribution in [1.29, 1.82) is 0 Å². The fourth-order valence-electron chi connectivity index (χ4n) is 3.24. The molecule has 0 aromatic rings. The molecule has 1 rings (SSSR count). The Morgan fingerprint density at radius 2 is 1.72 bits per heavy atom. The first-order valence-electron chi connectivity index (χ1n) is 8.66. The van der Waals surface area contributed by atoms with Crippen molar-refractivity contribution in [3.63, 3.8) is 0 Å². The van der Waals surface area contributed by atoms with Crippen molar-refractivity contribution in [3.8, 4) is 0 Å². The van der Waals surface area contributed by atoms with Crippen LogP contribution in [0.2, 0.25) is 0 Å². The zero-order valence-electron chi connectivity index (χ0n) is 16.3. The summed E-state index contributed by atoms with van der Waals surface area (Å²) in [7, 11) is 1.34. The summed E-state index contributed by atoms with van der Waals surface area (Å²) in [4.78, 5) is 25.1. The molecule has 0 radical (unpaired) electrons. The summed E-state index contributed by atoms with van der Waals surface area (Å²) in [6, 6.07) is 0. The van der Waals surface area contributed by atoms with Crippen molar-refractivity contribution >= 4 is 11.9 Å². The van der Waals surface area contributed by atoms with Crippen LogP contribution in [0.1, 0.15) is 53.9 Å². The molecule has 0 saturated carbocycles. The molecule has 0 aliphatic carbocycles. The smallest absolute Gasteiger partial charge is 0.311 e. The topological polar surface area (TPSA) is 85.4 Å². The van der Waals surface area contributed by atoms with E-state index in [2.05, 4.69) is 6.58 Å². The van der Waals surface area contributed by atoms with Gasteiger partial charge in [0.25, 0.3) is 0 Å². The van der Waals surface area contributed by atoms with Crippen molar-refractivity contribution in [2.75, 3.05) is 20.3 Å². The second kappa shape index (κ2) is 7.77. The number of carbonyl (C=O) groups excluding carboxylic acids is 2. The second-order valence-electron chi connectivity index (χ2n) is 8.20. The third-order valence-corrected chi connectivity index (χ3v) is 5.15. The molecule has 1 fully saturated rings. The van der Waals surface area contributed by atoms with Crippen LogP contribution in [0.3, 0.4) is 0 Å². The number of epoxide rings is 1. The molecule has 0 aromatic heterocycles. The minimum Gasteiger partial charge on any atom is -0.512 e. The fourth-order valence-corrected chi connectivity index (χ4v) is 3.24. The highest BCUT2D eigenvalue weighted by atomic mass is 16.6. The van der Waals surface area contributed by atoms with Gasteiger partial charge in [0, 0.05) is 5.41 Å². The molecule has 144 valence electrons. The summed E-state index contributed by atoms with van der Waals surface area (Å²) in [5.41, 5.74) is -2.51. The largest absolute Gasteiger partial charge is 0.512 e. The highest BCUT2D eigenvalue weighted by molar-refractivity contribution is 5.80. The lowest BCUT2D eigenvalue weighted by Gasteiger charge is -2.40. The van der Waals surface area contributed by atoms with Gasteiger partial charge in [-0.15, -0.1) is 0 Å². The Kier molecular flexibility index (Phi) is 6.68. The van der Waals surface area contributed by atoms with Gasteiger partial charge in [-0.3, -0.25) is 9.59 Å². The van der Waals surface area contributed by atoms with E-state index >= 15 is 0 Å². The average molecular weight is 356 g/mol. The van der Waals surface area contributed by atoms with Crippen LogP contribution < -0.4 is 0 Å². The number of aliphatic hydroxyl groups excluding tert-OH is 1. The van der Waals surface area contributed by atoms with Crippen LogP contribution in [0.5, 0.6) is 0 Å². The number of esters is 2. The predicted molar refractivity (Wildman–Crippen MR) is 94.0 cm³/mol. The molecule has 0 aromatic carbocycles. The molecule has 0 amide bonds. The highest BCUT2D eigenvalue weighted by Crippen LogP contribution is 2.46. The number of methoxy groups -OCH3 is 1. The molecule has 6 nitrogen and oxygen atoms in total. The standard InChI is InChI=1S/C19H32O6/c1-8-18(5,15(21)23-7)12-19(6,11-17(3,4)13(2)20)16(22)25-10-14-9-24-14/h14,20H,2,8-12H2,1,3-7H3. The normalized spacial score (nSPS) is 21.6. The minimum atomic E-state index is -0.983. The molecule has 3 atom stereocenters. The summed E-state index contributed by atoms with van der Waals surface area (Å²) in [6.45, 7) is 13.5. The lowest BCUT2D eigenvalue weighted by atomic mass is 9.64. The quantitative estimate of drug-likeness (QED) is 0.367. The number of hydrogen-bond acceptors (Lipinski definition) is 6. The summed E-state index contributed by atoms with van der Waals surface area (Å²) in [5.74, 6) is -0.769. The molecule has 1 aliphatic heterocycles. The predicted octanol–water partition coefficient (Wildman–Crippen LogP) is 3.40. The number of allylic oxidation sites excluding steroid dienone is 1. The molecule has 1 saturated heterocycles. The Bertz CT molecular complexity index is 522. The van der Waals surface area contributed by atoms with Crippen molar-refractivity contribution in [1.82, 2.24) is 0 Å². The van der Waals surface area contributed by atoms with Gasteiger partial charge >= 0.3 is 11.9 Å². The third-order valence-electron chi connectivity index (χ3n) is 5.15. The van der Waals surface area contributed by atoms with Gasteiger partial charge in [0.05, 0.1) is 30.3 Å². The van der Waals surface area contributed by atoms with Gasteiger partial charge in [-0.2, -0.15) is 0 Å². The Hall–Kier alpha value is -1.56. The van der Waals surface area contributed by atoms with E-state index in [1.165, 1.54) is 7.11 Å². The summed E-state index contributed by atoms with van der Waals surface area (Å²) in [5, 5.41) is 9.91. The summed E-state index contributed by atoms with van der Waals surface area (Å²) >= 11 is 0. The van der Waals surface area contributed by atoms with E-state index in [1.54, 1.807) is 13.8 Å².